The third kappa shape index (κ3) is 54.3. The molecule has 0 atom stereocenters. The van der Waals surface area contributed by atoms with Crippen LogP contribution in [0.15, 0.2) is 0 Å². The van der Waals surface area contributed by atoms with Crippen LogP contribution < -0.4 is 0 Å². The summed E-state index contributed by atoms with van der Waals surface area (Å²) >= 11 is 19.3. The first-order valence-electron chi connectivity index (χ1n) is 1.07. The van der Waals surface area contributed by atoms with Crippen molar-refractivity contribution < 1.29 is 0 Å². The second-order valence-corrected chi connectivity index (χ2v) is 3.64. The fourth-order valence-electron chi connectivity index (χ4n) is 0. The van der Waals surface area contributed by atoms with Gasteiger partial charge in [-0.2, -0.15) is 22.2 Å². The molecule has 0 spiro atoms. The lowest BCUT2D eigenvalue weighted by Crippen LogP contribution is -1.36. The molecule has 0 fully saturated rings. The third-order valence-electron chi connectivity index (χ3n) is 0. The van der Waals surface area contributed by atoms with Crippen LogP contribution in [0.5, 0.6) is 0 Å². The molecule has 0 bridgehead atoms. The summed E-state index contributed by atoms with van der Waals surface area (Å²) in [4.78, 5) is 0. The molecule has 5 heteroatoms. The average molecular weight is 186 g/mol. The van der Waals surface area contributed by atoms with E-state index < -0.39 is 8.14 Å². The molecule has 0 N–H and O–H groups in total. The SMILES string of the molecule is ClCCl.Cl[SiH2]Cl. The molecule has 0 aromatic heterocycles. The fraction of sp³-hybridized carbons (Fsp3) is 1.00. The largest absolute Gasteiger partial charge is 0.222 e. The molecular weight excluding hydrogens is 182 g/mol. The van der Waals surface area contributed by atoms with Crippen molar-refractivity contribution in [2.75, 3.05) is 5.34 Å². The van der Waals surface area contributed by atoms with Gasteiger partial charge in [-0.25, -0.2) is 0 Å². The molecule has 0 aromatic carbocycles. The Morgan fingerprint density at radius 2 is 1.17 bits per heavy atom. The van der Waals surface area contributed by atoms with Crippen molar-refractivity contribution >= 4 is 53.5 Å². The van der Waals surface area contributed by atoms with Crippen LogP contribution >= 0.6 is 45.4 Å². The van der Waals surface area contributed by atoms with E-state index in [1.807, 2.05) is 0 Å². The van der Waals surface area contributed by atoms with Gasteiger partial charge in [-0.1, -0.05) is 0 Å². The van der Waals surface area contributed by atoms with Crippen molar-refractivity contribution in [2.45, 2.75) is 0 Å². The highest BCUT2D eigenvalue weighted by Crippen LogP contribution is 1.73. The third-order valence-corrected chi connectivity index (χ3v) is 0. The first-order chi connectivity index (χ1) is 2.83. The zero-order valence-corrected chi connectivity index (χ0v) is 7.36. The molecule has 0 nitrogen and oxygen atoms in total. The molecule has 0 radical (unpaired) electrons. The molecule has 0 rings (SSSR count). The molecule has 0 aliphatic heterocycles. The van der Waals surface area contributed by atoms with Crippen LogP contribution in [0, 0.1) is 0 Å². The highest BCUT2D eigenvalue weighted by Gasteiger charge is 1.46. The second kappa shape index (κ2) is 16.2. The maximum absolute atomic E-state index is 4.90. The first kappa shape index (κ1) is 10.4. The van der Waals surface area contributed by atoms with E-state index in [1.54, 1.807) is 0 Å². The predicted molar refractivity (Wildman–Crippen MR) is 36.8 cm³/mol. The van der Waals surface area contributed by atoms with E-state index in [-0.39, 0.29) is 5.34 Å². The van der Waals surface area contributed by atoms with E-state index in [4.69, 9.17) is 45.4 Å². The zero-order chi connectivity index (χ0) is 5.41. The number of hydrogen-bond acceptors (Lipinski definition) is 0. The Bertz CT molecular complexity index is 9.51. The molecule has 0 saturated carbocycles. The summed E-state index contributed by atoms with van der Waals surface area (Å²) in [5.41, 5.74) is 0. The van der Waals surface area contributed by atoms with E-state index >= 15 is 0 Å². The van der Waals surface area contributed by atoms with Gasteiger partial charge < -0.3 is 0 Å². The Balaban J connectivity index is 0. The Morgan fingerprint density at radius 3 is 1.17 bits per heavy atom. The maximum atomic E-state index is 4.90. The Hall–Kier alpha value is 1.38. The van der Waals surface area contributed by atoms with Crippen molar-refractivity contribution in [3.63, 3.8) is 0 Å². The molecule has 40 valence electrons. The molecule has 0 unspecified atom stereocenters. The smallest absolute Gasteiger partial charge is 0.155 e. The van der Waals surface area contributed by atoms with E-state index in [2.05, 4.69) is 0 Å². The van der Waals surface area contributed by atoms with Crippen molar-refractivity contribution in [1.82, 2.24) is 0 Å². The zero-order valence-electron chi connectivity index (χ0n) is 2.93. The number of rotatable bonds is 0. The highest BCUT2D eigenvalue weighted by atomic mass is 35.7. The topological polar surface area (TPSA) is 0 Å². The van der Waals surface area contributed by atoms with Crippen LogP contribution in [-0.4, -0.2) is 13.5 Å². The highest BCUT2D eigenvalue weighted by molar-refractivity contribution is 7.22. The minimum absolute atomic E-state index is 0.194. The molecule has 6 heavy (non-hydrogen) atoms. The average Bonchev–Trinajstić information content (AvgIpc) is 1.39. The minimum Gasteiger partial charge on any atom is -0.155 e. The van der Waals surface area contributed by atoms with E-state index in [0.717, 1.165) is 0 Å². The normalized spacial score (nSPS) is 6.00. The summed E-state index contributed by atoms with van der Waals surface area (Å²) in [6, 6.07) is 0. The van der Waals surface area contributed by atoms with Crippen LogP contribution in [0.3, 0.4) is 0 Å². The fourth-order valence-corrected chi connectivity index (χ4v) is 0. The lowest BCUT2D eigenvalue weighted by atomic mass is 11.9. The van der Waals surface area contributed by atoms with Gasteiger partial charge in [-0.15, -0.1) is 23.2 Å². The molecule has 0 amide bonds. The van der Waals surface area contributed by atoms with Gasteiger partial charge in [0.15, 0.2) is 0 Å². The van der Waals surface area contributed by atoms with Crippen molar-refractivity contribution in [3.8, 4) is 0 Å². The summed E-state index contributed by atoms with van der Waals surface area (Å²) in [5, 5.41) is 0.194. The summed E-state index contributed by atoms with van der Waals surface area (Å²) < 4.78 is 0. The number of halogens is 4. The van der Waals surface area contributed by atoms with Gasteiger partial charge in [0.1, 0.15) is 0 Å². The van der Waals surface area contributed by atoms with Gasteiger partial charge in [0.2, 0.25) is 8.14 Å². The van der Waals surface area contributed by atoms with Crippen molar-refractivity contribution in [1.29, 1.82) is 0 Å². The quantitative estimate of drug-likeness (QED) is 0.307. The summed E-state index contributed by atoms with van der Waals surface area (Å²) in [6.45, 7) is 0. The van der Waals surface area contributed by atoms with Gasteiger partial charge in [-0.3, -0.25) is 0 Å². The van der Waals surface area contributed by atoms with Crippen LogP contribution in [-0.2, 0) is 0 Å². The standard InChI is InChI=1S/CH2Cl2.Cl2H2Si/c2-1-3;1-3-2/h1H2;3H2. The predicted octanol–water partition coefficient (Wildman–Crippen LogP) is 1.88. The van der Waals surface area contributed by atoms with Gasteiger partial charge >= 0.3 is 0 Å². The first-order valence-corrected chi connectivity index (χ1v) is 6.41. The van der Waals surface area contributed by atoms with Gasteiger partial charge in [0.05, 0.1) is 5.34 Å². The van der Waals surface area contributed by atoms with E-state index in [0.29, 0.717) is 0 Å². The monoisotopic (exact) mass is 184 g/mol. The Kier molecular flexibility index (Phi) is 28.0. The Morgan fingerprint density at radius 1 is 1.17 bits per heavy atom. The van der Waals surface area contributed by atoms with Gasteiger partial charge in [-0.05, 0) is 0 Å². The molecule has 0 aliphatic carbocycles. The molecule has 0 aromatic rings. The molecule has 0 heterocycles. The van der Waals surface area contributed by atoms with Crippen LogP contribution in [0.25, 0.3) is 0 Å². The summed E-state index contributed by atoms with van der Waals surface area (Å²) in [6.07, 6.45) is 0. The number of hydrogen-bond donors (Lipinski definition) is 0. The van der Waals surface area contributed by atoms with Gasteiger partial charge in [0.25, 0.3) is 0 Å². The van der Waals surface area contributed by atoms with Crippen LogP contribution in [0.1, 0.15) is 0 Å². The van der Waals surface area contributed by atoms with Crippen LogP contribution in [0.4, 0.5) is 0 Å². The van der Waals surface area contributed by atoms with E-state index in [9.17, 15) is 0 Å². The molecule has 0 aliphatic rings. The summed E-state index contributed by atoms with van der Waals surface area (Å²) in [5.74, 6) is 0. The molecular formula is CH4Cl4Si. The minimum atomic E-state index is -0.639. The van der Waals surface area contributed by atoms with Crippen molar-refractivity contribution in [3.05, 3.63) is 0 Å². The summed E-state index contributed by atoms with van der Waals surface area (Å²) in [7, 11) is -0.639. The lowest BCUT2D eigenvalue weighted by Gasteiger charge is -1.42. The van der Waals surface area contributed by atoms with Gasteiger partial charge in [0, 0.05) is 0 Å². The maximum Gasteiger partial charge on any atom is 0.222 e. The second-order valence-electron chi connectivity index (χ2n) is 0.202. The molecule has 0 saturated heterocycles. The van der Waals surface area contributed by atoms with Crippen LogP contribution in [0.2, 0.25) is 0 Å². The van der Waals surface area contributed by atoms with E-state index in [1.165, 1.54) is 0 Å². The van der Waals surface area contributed by atoms with Crippen molar-refractivity contribution in [2.24, 2.45) is 0 Å². The Labute approximate surface area is 58.9 Å². The lowest BCUT2D eigenvalue weighted by molar-refractivity contribution is 2.20. The number of alkyl halides is 2.